The summed E-state index contributed by atoms with van der Waals surface area (Å²) in [4.78, 5) is 11.4. The van der Waals surface area contributed by atoms with Crippen LogP contribution in [-0.4, -0.2) is 23.1 Å². The Morgan fingerprint density at radius 3 is 2.38 bits per heavy atom. The summed E-state index contributed by atoms with van der Waals surface area (Å²) < 4.78 is 0. The van der Waals surface area contributed by atoms with Gasteiger partial charge in [0.1, 0.15) is 5.82 Å². The molecular weight excluding hydrogens is 260 g/mol. The molecule has 2 N–H and O–H groups in total. The Hall–Kier alpha value is -2.10. The minimum atomic E-state index is 0.568. The summed E-state index contributed by atoms with van der Waals surface area (Å²) in [6.07, 6.45) is 6.89. The van der Waals surface area contributed by atoms with E-state index in [9.17, 15) is 0 Å². The number of nitrogen functional groups attached to an aromatic ring is 1. The number of rotatable bonds is 2. The zero-order chi connectivity index (χ0) is 14.7. The lowest BCUT2D eigenvalue weighted by atomic mass is 10.0. The normalized spacial score (nSPS) is 15.8. The van der Waals surface area contributed by atoms with Crippen LogP contribution in [0.5, 0.6) is 0 Å². The van der Waals surface area contributed by atoms with Gasteiger partial charge in [-0.05, 0) is 30.9 Å². The lowest BCUT2D eigenvalue weighted by Crippen LogP contribution is -2.26. The van der Waals surface area contributed by atoms with Gasteiger partial charge in [0.2, 0.25) is 5.95 Å². The van der Waals surface area contributed by atoms with Gasteiger partial charge in [0.15, 0.2) is 0 Å². The van der Waals surface area contributed by atoms with Gasteiger partial charge in [0.25, 0.3) is 0 Å². The second-order valence-electron chi connectivity index (χ2n) is 5.69. The van der Waals surface area contributed by atoms with Crippen LogP contribution in [0.3, 0.4) is 0 Å². The number of anilines is 2. The van der Waals surface area contributed by atoms with Gasteiger partial charge in [0, 0.05) is 24.8 Å². The molecular formula is C17H22N4. The van der Waals surface area contributed by atoms with Gasteiger partial charge < -0.3 is 10.6 Å². The molecule has 1 saturated heterocycles. The fourth-order valence-electron chi connectivity index (χ4n) is 2.89. The summed E-state index contributed by atoms with van der Waals surface area (Å²) in [5.74, 6) is 1.34. The molecule has 0 spiro atoms. The van der Waals surface area contributed by atoms with Crippen LogP contribution in [0.15, 0.2) is 30.5 Å². The van der Waals surface area contributed by atoms with E-state index in [0.717, 1.165) is 30.2 Å². The van der Waals surface area contributed by atoms with Gasteiger partial charge in [-0.15, -0.1) is 0 Å². The van der Waals surface area contributed by atoms with Crippen molar-refractivity contribution in [3.8, 4) is 11.1 Å². The van der Waals surface area contributed by atoms with Crippen molar-refractivity contribution < 1.29 is 0 Å². The second-order valence-corrected chi connectivity index (χ2v) is 5.69. The van der Waals surface area contributed by atoms with Crippen molar-refractivity contribution in [1.82, 2.24) is 9.97 Å². The van der Waals surface area contributed by atoms with E-state index in [1.165, 1.54) is 31.2 Å². The van der Waals surface area contributed by atoms with Crippen molar-refractivity contribution in [1.29, 1.82) is 0 Å². The predicted octanol–water partition coefficient (Wildman–Crippen LogP) is 3.41. The van der Waals surface area contributed by atoms with E-state index in [0.29, 0.717) is 5.82 Å². The smallest absolute Gasteiger partial charge is 0.227 e. The first-order chi connectivity index (χ1) is 10.3. The third kappa shape index (κ3) is 2.99. The standard InChI is InChI=1S/C17H22N4/c1-13-8-4-5-9-14(13)15-12-19-17(20-16(15)18)21-10-6-2-3-7-11-21/h4-5,8-9,12H,2-3,6-7,10-11H2,1H3,(H2,18,19,20). The van der Waals surface area contributed by atoms with Crippen molar-refractivity contribution in [3.63, 3.8) is 0 Å². The Morgan fingerprint density at radius 1 is 1.00 bits per heavy atom. The van der Waals surface area contributed by atoms with Gasteiger partial charge in [0.05, 0.1) is 0 Å². The summed E-state index contributed by atoms with van der Waals surface area (Å²) in [6, 6.07) is 8.19. The highest BCUT2D eigenvalue weighted by molar-refractivity contribution is 5.76. The van der Waals surface area contributed by atoms with E-state index in [4.69, 9.17) is 5.73 Å². The summed E-state index contributed by atoms with van der Waals surface area (Å²) in [6.45, 7) is 4.14. The highest BCUT2D eigenvalue weighted by Gasteiger charge is 2.15. The van der Waals surface area contributed by atoms with Crippen molar-refractivity contribution in [2.75, 3.05) is 23.7 Å². The lowest BCUT2D eigenvalue weighted by Gasteiger charge is -2.21. The molecule has 1 aliphatic heterocycles. The molecule has 4 heteroatoms. The lowest BCUT2D eigenvalue weighted by molar-refractivity contribution is 0.726. The van der Waals surface area contributed by atoms with Crippen LogP contribution >= 0.6 is 0 Å². The Balaban J connectivity index is 1.91. The largest absolute Gasteiger partial charge is 0.383 e. The zero-order valence-corrected chi connectivity index (χ0v) is 12.5. The van der Waals surface area contributed by atoms with Gasteiger partial charge in [-0.1, -0.05) is 37.1 Å². The Bertz CT molecular complexity index is 616. The summed E-state index contributed by atoms with van der Waals surface area (Å²) in [7, 11) is 0. The SMILES string of the molecule is Cc1ccccc1-c1cnc(N2CCCCCC2)nc1N. The molecule has 4 nitrogen and oxygen atoms in total. The quantitative estimate of drug-likeness (QED) is 0.917. The molecule has 3 rings (SSSR count). The van der Waals surface area contributed by atoms with Crippen LogP contribution in [-0.2, 0) is 0 Å². The molecule has 110 valence electrons. The topological polar surface area (TPSA) is 55.0 Å². The van der Waals surface area contributed by atoms with Crippen LogP contribution in [0.25, 0.3) is 11.1 Å². The first-order valence-corrected chi connectivity index (χ1v) is 7.69. The highest BCUT2D eigenvalue weighted by atomic mass is 15.3. The number of aryl methyl sites for hydroxylation is 1. The highest BCUT2D eigenvalue weighted by Crippen LogP contribution is 2.28. The molecule has 2 aromatic rings. The molecule has 0 amide bonds. The Kier molecular flexibility index (Phi) is 4.04. The molecule has 1 aromatic carbocycles. The fraction of sp³-hybridized carbons (Fsp3) is 0.412. The number of nitrogens with two attached hydrogens (primary N) is 1. The second kappa shape index (κ2) is 6.12. The molecule has 21 heavy (non-hydrogen) atoms. The monoisotopic (exact) mass is 282 g/mol. The third-order valence-corrected chi connectivity index (χ3v) is 4.13. The van der Waals surface area contributed by atoms with Crippen molar-refractivity contribution in [3.05, 3.63) is 36.0 Å². The maximum Gasteiger partial charge on any atom is 0.227 e. The van der Waals surface area contributed by atoms with E-state index >= 15 is 0 Å². The Morgan fingerprint density at radius 2 is 1.71 bits per heavy atom. The molecule has 0 radical (unpaired) electrons. The maximum atomic E-state index is 6.19. The van der Waals surface area contributed by atoms with Gasteiger partial charge in [-0.25, -0.2) is 4.98 Å². The van der Waals surface area contributed by atoms with Gasteiger partial charge in [-0.3, -0.25) is 0 Å². The van der Waals surface area contributed by atoms with Crippen LogP contribution in [0.1, 0.15) is 31.2 Å². The number of hydrogen-bond acceptors (Lipinski definition) is 4. The fourth-order valence-corrected chi connectivity index (χ4v) is 2.89. The van der Waals surface area contributed by atoms with E-state index in [-0.39, 0.29) is 0 Å². The Labute approximate surface area is 126 Å². The van der Waals surface area contributed by atoms with Crippen LogP contribution in [0, 0.1) is 6.92 Å². The van der Waals surface area contributed by atoms with Gasteiger partial charge in [-0.2, -0.15) is 4.98 Å². The number of benzene rings is 1. The first-order valence-electron chi connectivity index (χ1n) is 7.69. The van der Waals surface area contributed by atoms with E-state index in [1.54, 1.807) is 0 Å². The number of aromatic nitrogens is 2. The maximum absolute atomic E-state index is 6.19. The molecule has 2 heterocycles. The average Bonchev–Trinajstić information content (AvgIpc) is 2.77. The van der Waals surface area contributed by atoms with Crippen molar-refractivity contribution in [2.24, 2.45) is 0 Å². The number of hydrogen-bond donors (Lipinski definition) is 1. The molecule has 0 saturated carbocycles. The van der Waals surface area contributed by atoms with Crippen LogP contribution < -0.4 is 10.6 Å². The molecule has 1 aromatic heterocycles. The predicted molar refractivity (Wildman–Crippen MR) is 87.3 cm³/mol. The molecule has 1 aliphatic rings. The first kappa shape index (κ1) is 13.9. The van der Waals surface area contributed by atoms with E-state index in [2.05, 4.69) is 33.9 Å². The minimum Gasteiger partial charge on any atom is -0.383 e. The summed E-state index contributed by atoms with van der Waals surface area (Å²) in [5.41, 5.74) is 9.41. The van der Waals surface area contributed by atoms with E-state index in [1.807, 2.05) is 18.3 Å². The molecule has 0 bridgehead atoms. The zero-order valence-electron chi connectivity index (χ0n) is 12.5. The molecule has 0 unspecified atom stereocenters. The van der Waals surface area contributed by atoms with E-state index < -0.39 is 0 Å². The van der Waals surface area contributed by atoms with Crippen LogP contribution in [0.2, 0.25) is 0 Å². The van der Waals surface area contributed by atoms with Crippen molar-refractivity contribution in [2.45, 2.75) is 32.6 Å². The average molecular weight is 282 g/mol. The molecule has 1 fully saturated rings. The van der Waals surface area contributed by atoms with Crippen molar-refractivity contribution >= 4 is 11.8 Å². The number of nitrogens with zero attached hydrogens (tertiary/aromatic N) is 3. The molecule has 0 aliphatic carbocycles. The molecule has 0 atom stereocenters. The van der Waals surface area contributed by atoms with Gasteiger partial charge >= 0.3 is 0 Å². The minimum absolute atomic E-state index is 0.568. The summed E-state index contributed by atoms with van der Waals surface area (Å²) in [5, 5.41) is 0. The summed E-state index contributed by atoms with van der Waals surface area (Å²) >= 11 is 0. The third-order valence-electron chi connectivity index (χ3n) is 4.13. The van der Waals surface area contributed by atoms with Crippen LogP contribution in [0.4, 0.5) is 11.8 Å².